The van der Waals surface area contributed by atoms with Crippen LogP contribution in [0.4, 0.5) is 0 Å². The molecule has 1 aliphatic carbocycles. The second-order valence-corrected chi connectivity index (χ2v) is 7.41. The first-order chi connectivity index (χ1) is 9.21. The number of benzene rings is 2. The van der Waals surface area contributed by atoms with Crippen molar-refractivity contribution in [3.05, 3.63) is 64.1 Å². The summed E-state index contributed by atoms with van der Waals surface area (Å²) in [6.07, 6.45) is 0.965. The molecule has 1 saturated carbocycles. The van der Waals surface area contributed by atoms with Gasteiger partial charge in [-0.25, -0.2) is 0 Å². The summed E-state index contributed by atoms with van der Waals surface area (Å²) in [5, 5.41) is 0. The van der Waals surface area contributed by atoms with E-state index in [1.807, 2.05) is 18.2 Å². The molecule has 3 heteroatoms. The topological polar surface area (TPSA) is 17.1 Å². The van der Waals surface area contributed by atoms with Crippen molar-refractivity contribution in [2.45, 2.75) is 22.0 Å². The number of Topliss-reactive ketones (excluding diaryl/α,β-unsaturated/α-hetero) is 1. The van der Waals surface area contributed by atoms with Crippen molar-refractivity contribution in [3.8, 4) is 0 Å². The highest BCUT2D eigenvalue weighted by Gasteiger charge is 2.64. The highest BCUT2D eigenvalue weighted by molar-refractivity contribution is 9.10. The number of thioether (sulfide) groups is 1. The van der Waals surface area contributed by atoms with Gasteiger partial charge < -0.3 is 0 Å². The van der Waals surface area contributed by atoms with Crippen LogP contribution in [0.3, 0.4) is 0 Å². The van der Waals surface area contributed by atoms with Crippen molar-refractivity contribution in [1.82, 2.24) is 0 Å². The zero-order valence-corrected chi connectivity index (χ0v) is 12.5. The summed E-state index contributed by atoms with van der Waals surface area (Å²) in [5.41, 5.74) is 2.18. The molecule has 2 aliphatic rings. The quantitative estimate of drug-likeness (QED) is 0.756. The maximum absolute atomic E-state index is 12.6. The predicted molar refractivity (Wildman–Crippen MR) is 80.9 cm³/mol. The van der Waals surface area contributed by atoms with Crippen LogP contribution >= 0.6 is 27.7 Å². The summed E-state index contributed by atoms with van der Waals surface area (Å²) < 4.78 is 0.872. The fraction of sp³-hybridized carbons (Fsp3) is 0.188. The van der Waals surface area contributed by atoms with Crippen LogP contribution < -0.4 is 0 Å². The summed E-state index contributed by atoms with van der Waals surface area (Å²) in [6, 6.07) is 16.3. The highest BCUT2D eigenvalue weighted by atomic mass is 79.9. The van der Waals surface area contributed by atoms with Gasteiger partial charge in [0, 0.05) is 20.8 Å². The van der Waals surface area contributed by atoms with E-state index in [0.717, 1.165) is 21.4 Å². The Morgan fingerprint density at radius 2 is 1.84 bits per heavy atom. The molecule has 1 heterocycles. The first kappa shape index (κ1) is 11.7. The Kier molecular flexibility index (Phi) is 2.45. The number of fused-ring (bicyclic) bond motifs is 1. The minimum absolute atomic E-state index is 0.211. The molecule has 0 radical (unpaired) electrons. The lowest BCUT2D eigenvalue weighted by molar-refractivity contribution is 0.0981. The Hall–Kier alpha value is -1.06. The maximum Gasteiger partial charge on any atom is 0.181 e. The molecule has 4 rings (SSSR count). The second-order valence-electron chi connectivity index (χ2n) is 5.13. The molecule has 0 bridgehead atoms. The smallest absolute Gasteiger partial charge is 0.181 e. The molecule has 2 aromatic carbocycles. The monoisotopic (exact) mass is 330 g/mol. The van der Waals surface area contributed by atoms with E-state index in [4.69, 9.17) is 0 Å². The number of halogens is 1. The Bertz CT molecular complexity index is 679. The lowest BCUT2D eigenvalue weighted by Gasteiger charge is -2.06. The molecule has 1 nitrogen and oxygen atoms in total. The first-order valence-electron chi connectivity index (χ1n) is 6.29. The molecule has 2 atom stereocenters. The van der Waals surface area contributed by atoms with Gasteiger partial charge in [-0.15, -0.1) is 11.8 Å². The molecular formula is C16H11BrOS. The van der Waals surface area contributed by atoms with E-state index < -0.39 is 0 Å². The Labute approximate surface area is 124 Å². The minimum atomic E-state index is -0.211. The van der Waals surface area contributed by atoms with Gasteiger partial charge in [-0.3, -0.25) is 4.79 Å². The number of rotatable bonds is 1. The zero-order valence-electron chi connectivity index (χ0n) is 10.1. The molecule has 19 heavy (non-hydrogen) atoms. The third-order valence-electron chi connectivity index (χ3n) is 3.99. The van der Waals surface area contributed by atoms with Gasteiger partial charge in [-0.05, 0) is 30.2 Å². The average Bonchev–Trinajstić information content (AvgIpc) is 3.07. The molecule has 1 fully saturated rings. The summed E-state index contributed by atoms with van der Waals surface area (Å²) >= 11 is 5.21. The van der Waals surface area contributed by atoms with Crippen LogP contribution in [0.1, 0.15) is 28.3 Å². The van der Waals surface area contributed by atoms with E-state index in [1.165, 1.54) is 5.56 Å². The first-order valence-corrected chi connectivity index (χ1v) is 7.90. The summed E-state index contributed by atoms with van der Waals surface area (Å²) in [5.74, 6) is 0.687. The van der Waals surface area contributed by atoms with Gasteiger partial charge in [-0.1, -0.05) is 46.3 Å². The molecule has 1 aliphatic heterocycles. The number of ketones is 1. The SMILES string of the molecule is O=C1c2ccccc2S[C@@]12C[C@@H]2c1ccc(Br)cc1. The van der Waals surface area contributed by atoms with Crippen molar-refractivity contribution in [1.29, 1.82) is 0 Å². The van der Waals surface area contributed by atoms with Crippen LogP contribution in [-0.2, 0) is 0 Å². The van der Waals surface area contributed by atoms with E-state index in [1.54, 1.807) is 11.8 Å². The van der Waals surface area contributed by atoms with Crippen molar-refractivity contribution < 1.29 is 4.79 Å². The van der Waals surface area contributed by atoms with Crippen LogP contribution in [0.15, 0.2) is 57.9 Å². The molecule has 0 N–H and O–H groups in total. The van der Waals surface area contributed by atoms with Crippen molar-refractivity contribution in [2.75, 3.05) is 0 Å². The van der Waals surface area contributed by atoms with Crippen LogP contribution in [0.2, 0.25) is 0 Å². The maximum atomic E-state index is 12.6. The molecule has 0 unspecified atom stereocenters. The molecule has 0 aromatic heterocycles. The standard InChI is InChI=1S/C16H11BrOS/c17-11-7-5-10(6-8-11)13-9-16(13)15(18)12-3-1-2-4-14(12)19-16/h1-8,13H,9H2/t13-,16-/m1/s1. The Balaban J connectivity index is 1.70. The summed E-state index contributed by atoms with van der Waals surface area (Å²) in [6.45, 7) is 0. The van der Waals surface area contributed by atoms with Crippen molar-refractivity contribution >= 4 is 33.5 Å². The van der Waals surface area contributed by atoms with E-state index in [-0.39, 0.29) is 4.75 Å². The zero-order chi connectivity index (χ0) is 13.0. The van der Waals surface area contributed by atoms with Crippen LogP contribution in [0.25, 0.3) is 0 Å². The van der Waals surface area contributed by atoms with Crippen LogP contribution in [0, 0.1) is 0 Å². The van der Waals surface area contributed by atoms with E-state index in [9.17, 15) is 4.79 Å². The van der Waals surface area contributed by atoms with Gasteiger partial charge in [0.1, 0.15) is 0 Å². The van der Waals surface area contributed by atoms with Crippen LogP contribution in [-0.4, -0.2) is 10.5 Å². The normalized spacial score (nSPS) is 27.6. The molecule has 94 valence electrons. The average molecular weight is 331 g/mol. The minimum Gasteiger partial charge on any atom is -0.293 e. The van der Waals surface area contributed by atoms with Crippen molar-refractivity contribution in [3.63, 3.8) is 0 Å². The van der Waals surface area contributed by atoms with E-state index in [0.29, 0.717) is 11.7 Å². The lowest BCUT2D eigenvalue weighted by atomic mass is 10.0. The number of carbonyl (C=O) groups is 1. The van der Waals surface area contributed by atoms with Gasteiger partial charge in [0.05, 0.1) is 4.75 Å². The van der Waals surface area contributed by atoms with E-state index in [2.05, 4.69) is 46.3 Å². The van der Waals surface area contributed by atoms with Gasteiger partial charge in [0.15, 0.2) is 5.78 Å². The second kappa shape index (κ2) is 3.97. The fourth-order valence-electron chi connectivity index (χ4n) is 2.90. The molecule has 0 saturated heterocycles. The van der Waals surface area contributed by atoms with Gasteiger partial charge in [-0.2, -0.15) is 0 Å². The third-order valence-corrected chi connectivity index (χ3v) is 6.10. The highest BCUT2D eigenvalue weighted by Crippen LogP contribution is 2.67. The van der Waals surface area contributed by atoms with E-state index >= 15 is 0 Å². The summed E-state index contributed by atoms with van der Waals surface area (Å²) in [7, 11) is 0. The summed E-state index contributed by atoms with van der Waals surface area (Å²) in [4.78, 5) is 13.7. The lowest BCUT2D eigenvalue weighted by Crippen LogP contribution is -2.15. The molecule has 0 amide bonds. The Morgan fingerprint density at radius 3 is 2.58 bits per heavy atom. The number of carbonyl (C=O) groups excluding carboxylic acids is 1. The largest absolute Gasteiger partial charge is 0.293 e. The fourth-order valence-corrected chi connectivity index (χ4v) is 4.71. The molecule has 1 spiro atoms. The predicted octanol–water partition coefficient (Wildman–Crippen LogP) is 4.66. The van der Waals surface area contributed by atoms with Gasteiger partial charge in [0.2, 0.25) is 0 Å². The van der Waals surface area contributed by atoms with Gasteiger partial charge >= 0.3 is 0 Å². The van der Waals surface area contributed by atoms with Gasteiger partial charge in [0.25, 0.3) is 0 Å². The molecular weight excluding hydrogens is 320 g/mol. The third kappa shape index (κ3) is 1.65. The van der Waals surface area contributed by atoms with Crippen molar-refractivity contribution in [2.24, 2.45) is 0 Å². The number of hydrogen-bond acceptors (Lipinski definition) is 2. The molecule has 2 aromatic rings. The number of hydrogen-bond donors (Lipinski definition) is 0. The Morgan fingerprint density at radius 1 is 1.11 bits per heavy atom. The van der Waals surface area contributed by atoms with Crippen LogP contribution in [0.5, 0.6) is 0 Å².